The van der Waals surface area contributed by atoms with Gasteiger partial charge in [-0.2, -0.15) is 19.6 Å². The van der Waals surface area contributed by atoms with Crippen LogP contribution in [0.1, 0.15) is 10.4 Å². The van der Waals surface area contributed by atoms with Crippen LogP contribution in [0.25, 0.3) is 5.78 Å². The van der Waals surface area contributed by atoms with Gasteiger partial charge in [0.25, 0.3) is 11.7 Å². The molecule has 0 aliphatic heterocycles. The van der Waals surface area contributed by atoms with Crippen LogP contribution >= 0.6 is 11.6 Å². The number of rotatable bonds is 2. The molecule has 0 bridgehead atoms. The van der Waals surface area contributed by atoms with Gasteiger partial charge in [0.1, 0.15) is 12.7 Å². The van der Waals surface area contributed by atoms with Crippen LogP contribution < -0.4 is 5.32 Å². The number of carbonyl (C=O) groups excluding carboxylic acids is 1. The summed E-state index contributed by atoms with van der Waals surface area (Å²) in [4.78, 5) is 23.8. The number of nitrogens with zero attached hydrogens (tertiary/aromatic N) is 5. The van der Waals surface area contributed by atoms with Crippen molar-refractivity contribution in [1.82, 2.24) is 24.6 Å². The van der Waals surface area contributed by atoms with Crippen molar-refractivity contribution in [2.24, 2.45) is 0 Å². The van der Waals surface area contributed by atoms with Crippen molar-refractivity contribution in [2.75, 3.05) is 5.32 Å². The number of benzene rings is 1. The summed E-state index contributed by atoms with van der Waals surface area (Å²) in [5.41, 5.74) is 0.469. The van der Waals surface area contributed by atoms with Crippen LogP contribution in [0.2, 0.25) is 5.02 Å². The van der Waals surface area contributed by atoms with E-state index in [4.69, 9.17) is 11.6 Å². The standard InChI is InChI=1S/C11H7ClN6O/c12-8-3-1-7(2-4-8)9(19)17-11-14-5-13-10-15-6-16-18(10)11/h1-6H,(H,13,14,15,16,17,19). The second-order valence-corrected chi connectivity index (χ2v) is 4.07. The van der Waals surface area contributed by atoms with Crippen molar-refractivity contribution in [1.29, 1.82) is 0 Å². The maximum Gasteiger partial charge on any atom is 0.258 e. The Morgan fingerprint density at radius 2 is 1.84 bits per heavy atom. The van der Waals surface area contributed by atoms with Gasteiger partial charge in [-0.3, -0.25) is 10.1 Å². The normalized spacial score (nSPS) is 10.6. The Bertz CT molecular complexity index is 738. The minimum absolute atomic E-state index is 0.252. The number of fused-ring (bicyclic) bond motifs is 1. The van der Waals surface area contributed by atoms with E-state index in [0.29, 0.717) is 16.4 Å². The third kappa shape index (κ3) is 2.23. The highest BCUT2D eigenvalue weighted by Gasteiger charge is 2.10. The first-order chi connectivity index (χ1) is 9.24. The predicted molar refractivity (Wildman–Crippen MR) is 68.0 cm³/mol. The molecule has 7 nitrogen and oxygen atoms in total. The number of anilines is 1. The fourth-order valence-electron chi connectivity index (χ4n) is 1.52. The molecule has 2 aromatic heterocycles. The summed E-state index contributed by atoms with van der Waals surface area (Å²) in [7, 11) is 0. The number of halogens is 1. The Kier molecular flexibility index (Phi) is 2.81. The largest absolute Gasteiger partial charge is 0.290 e. The van der Waals surface area contributed by atoms with E-state index in [1.807, 2.05) is 0 Å². The Morgan fingerprint density at radius 1 is 1.11 bits per heavy atom. The molecule has 3 aromatic rings. The van der Waals surface area contributed by atoms with E-state index < -0.39 is 0 Å². The Labute approximate surface area is 112 Å². The molecular formula is C11H7ClN6O. The predicted octanol–water partition coefficient (Wildman–Crippen LogP) is 1.43. The van der Waals surface area contributed by atoms with Crippen LogP contribution in [0.4, 0.5) is 5.95 Å². The monoisotopic (exact) mass is 274 g/mol. The van der Waals surface area contributed by atoms with Gasteiger partial charge in [-0.1, -0.05) is 11.6 Å². The third-order valence-electron chi connectivity index (χ3n) is 2.42. The number of nitrogens with one attached hydrogen (secondary N) is 1. The number of carbonyl (C=O) groups is 1. The zero-order valence-electron chi connectivity index (χ0n) is 9.49. The zero-order chi connectivity index (χ0) is 13.2. The quantitative estimate of drug-likeness (QED) is 0.764. The van der Waals surface area contributed by atoms with E-state index in [-0.39, 0.29) is 11.9 Å². The van der Waals surface area contributed by atoms with E-state index in [0.717, 1.165) is 0 Å². The molecule has 1 N–H and O–H groups in total. The molecule has 0 radical (unpaired) electrons. The van der Waals surface area contributed by atoms with Crippen LogP contribution in [-0.2, 0) is 0 Å². The summed E-state index contributed by atoms with van der Waals surface area (Å²) < 4.78 is 1.34. The van der Waals surface area contributed by atoms with Crippen molar-refractivity contribution in [3.05, 3.63) is 47.5 Å². The van der Waals surface area contributed by atoms with Gasteiger partial charge < -0.3 is 0 Å². The van der Waals surface area contributed by atoms with E-state index in [2.05, 4.69) is 25.4 Å². The van der Waals surface area contributed by atoms with Crippen molar-refractivity contribution in [2.45, 2.75) is 0 Å². The number of amides is 1. The van der Waals surface area contributed by atoms with Gasteiger partial charge in [0.2, 0.25) is 5.95 Å². The molecule has 1 aromatic carbocycles. The van der Waals surface area contributed by atoms with Gasteiger partial charge in [-0.25, -0.2) is 4.98 Å². The first-order valence-electron chi connectivity index (χ1n) is 5.32. The molecule has 0 atom stereocenters. The molecule has 19 heavy (non-hydrogen) atoms. The second kappa shape index (κ2) is 4.62. The Balaban J connectivity index is 1.90. The lowest BCUT2D eigenvalue weighted by atomic mass is 10.2. The second-order valence-electron chi connectivity index (χ2n) is 3.63. The van der Waals surface area contributed by atoms with Crippen LogP contribution in [0, 0.1) is 0 Å². The molecule has 3 rings (SSSR count). The number of hydrogen-bond acceptors (Lipinski definition) is 5. The molecule has 8 heteroatoms. The first kappa shape index (κ1) is 11.5. The highest BCUT2D eigenvalue weighted by molar-refractivity contribution is 6.30. The zero-order valence-corrected chi connectivity index (χ0v) is 10.2. The molecule has 94 valence electrons. The summed E-state index contributed by atoms with van der Waals surface area (Å²) in [5.74, 6) is 0.302. The number of aromatic nitrogens is 5. The molecular weight excluding hydrogens is 268 g/mol. The van der Waals surface area contributed by atoms with E-state index in [1.54, 1.807) is 24.3 Å². The lowest BCUT2D eigenvalue weighted by Crippen LogP contribution is -2.16. The van der Waals surface area contributed by atoms with Crippen LogP contribution in [0.15, 0.2) is 36.9 Å². The van der Waals surface area contributed by atoms with Crippen molar-refractivity contribution < 1.29 is 4.79 Å². The van der Waals surface area contributed by atoms with Gasteiger partial charge in [0.15, 0.2) is 0 Å². The fourth-order valence-corrected chi connectivity index (χ4v) is 1.65. The maximum atomic E-state index is 12.0. The molecule has 0 saturated carbocycles. The summed E-state index contributed by atoms with van der Waals surface area (Å²) in [6.45, 7) is 0. The summed E-state index contributed by atoms with van der Waals surface area (Å²) >= 11 is 5.77. The minimum atomic E-state index is -0.313. The molecule has 0 saturated heterocycles. The van der Waals surface area contributed by atoms with Gasteiger partial charge in [-0.05, 0) is 24.3 Å². The summed E-state index contributed by atoms with van der Waals surface area (Å²) in [6.07, 6.45) is 2.64. The molecule has 0 aliphatic carbocycles. The van der Waals surface area contributed by atoms with Gasteiger partial charge in [-0.15, -0.1) is 0 Å². The summed E-state index contributed by atoms with van der Waals surface area (Å²) in [5, 5.41) is 7.13. The Morgan fingerprint density at radius 3 is 2.63 bits per heavy atom. The fraction of sp³-hybridized carbons (Fsp3) is 0. The molecule has 0 spiro atoms. The SMILES string of the molecule is O=C(Nc1ncnc2ncnn12)c1ccc(Cl)cc1. The molecule has 1 amide bonds. The molecule has 0 fully saturated rings. The van der Waals surface area contributed by atoms with Crippen molar-refractivity contribution in [3.63, 3.8) is 0 Å². The highest BCUT2D eigenvalue weighted by atomic mass is 35.5. The third-order valence-corrected chi connectivity index (χ3v) is 2.67. The minimum Gasteiger partial charge on any atom is -0.290 e. The molecule has 0 unspecified atom stereocenters. The van der Waals surface area contributed by atoms with Crippen LogP contribution in [-0.4, -0.2) is 30.5 Å². The van der Waals surface area contributed by atoms with E-state index >= 15 is 0 Å². The highest BCUT2D eigenvalue weighted by Crippen LogP contribution is 2.11. The number of hydrogen-bond donors (Lipinski definition) is 1. The van der Waals surface area contributed by atoms with Crippen molar-refractivity contribution >= 4 is 29.2 Å². The Hall–Kier alpha value is -2.54. The van der Waals surface area contributed by atoms with Gasteiger partial charge in [0, 0.05) is 10.6 Å². The average molecular weight is 275 g/mol. The average Bonchev–Trinajstić information content (AvgIpc) is 2.89. The van der Waals surface area contributed by atoms with Crippen molar-refractivity contribution in [3.8, 4) is 0 Å². The lowest BCUT2D eigenvalue weighted by Gasteiger charge is -2.04. The molecule has 2 heterocycles. The van der Waals surface area contributed by atoms with Gasteiger partial charge >= 0.3 is 0 Å². The smallest absolute Gasteiger partial charge is 0.258 e. The van der Waals surface area contributed by atoms with Gasteiger partial charge in [0.05, 0.1) is 0 Å². The van der Waals surface area contributed by atoms with E-state index in [9.17, 15) is 4.79 Å². The topological polar surface area (TPSA) is 85.1 Å². The first-order valence-corrected chi connectivity index (χ1v) is 5.69. The van der Waals surface area contributed by atoms with Crippen LogP contribution in [0.3, 0.4) is 0 Å². The lowest BCUT2D eigenvalue weighted by molar-refractivity contribution is 0.102. The maximum absolute atomic E-state index is 12.0. The molecule has 0 aliphatic rings. The van der Waals surface area contributed by atoms with Crippen LogP contribution in [0.5, 0.6) is 0 Å². The van der Waals surface area contributed by atoms with E-state index in [1.165, 1.54) is 17.2 Å². The summed E-state index contributed by atoms with van der Waals surface area (Å²) in [6, 6.07) is 6.53.